The molecule has 0 unspecified atom stereocenters. The summed E-state index contributed by atoms with van der Waals surface area (Å²) in [6, 6.07) is 13.2. The Morgan fingerprint density at radius 1 is 1.07 bits per heavy atom. The summed E-state index contributed by atoms with van der Waals surface area (Å²) in [5.74, 6) is -0.344. The molecule has 1 N–H and O–H groups in total. The highest BCUT2D eigenvalue weighted by Gasteiger charge is 2.23. The van der Waals surface area contributed by atoms with Gasteiger partial charge in [-0.15, -0.1) is 0 Å². The third-order valence-corrected chi connectivity index (χ3v) is 6.13. The SMILES string of the molecule is Cc1ccc(C)c([C@@H](C)NC(=O)CN(c2ccc(C(C)(C)C)cc2)S(C)(=O)=O)c1. The molecule has 0 saturated carbocycles. The summed E-state index contributed by atoms with van der Waals surface area (Å²) >= 11 is 0. The van der Waals surface area contributed by atoms with E-state index in [1.807, 2.05) is 51.1 Å². The Labute approximate surface area is 175 Å². The number of sulfonamides is 1. The summed E-state index contributed by atoms with van der Waals surface area (Å²) in [4.78, 5) is 12.7. The van der Waals surface area contributed by atoms with E-state index in [0.29, 0.717) is 5.69 Å². The molecule has 0 heterocycles. The van der Waals surface area contributed by atoms with Crippen LogP contribution in [-0.2, 0) is 20.2 Å². The maximum absolute atomic E-state index is 12.7. The highest BCUT2D eigenvalue weighted by molar-refractivity contribution is 7.92. The fourth-order valence-electron chi connectivity index (χ4n) is 3.25. The molecule has 0 bridgehead atoms. The molecule has 2 rings (SSSR count). The first-order valence-corrected chi connectivity index (χ1v) is 11.6. The average molecular weight is 417 g/mol. The molecule has 0 aliphatic carbocycles. The van der Waals surface area contributed by atoms with Crippen LogP contribution in [0, 0.1) is 13.8 Å². The van der Waals surface area contributed by atoms with E-state index in [1.54, 1.807) is 12.1 Å². The Balaban J connectivity index is 2.20. The zero-order valence-corrected chi connectivity index (χ0v) is 19.2. The van der Waals surface area contributed by atoms with Crippen LogP contribution in [0.2, 0.25) is 0 Å². The van der Waals surface area contributed by atoms with Gasteiger partial charge in [0.1, 0.15) is 6.54 Å². The number of rotatable bonds is 6. The maximum Gasteiger partial charge on any atom is 0.241 e. The monoisotopic (exact) mass is 416 g/mol. The van der Waals surface area contributed by atoms with Crippen LogP contribution in [0.4, 0.5) is 5.69 Å². The molecular weight excluding hydrogens is 384 g/mol. The molecule has 0 aliphatic rings. The molecule has 2 aromatic carbocycles. The molecule has 0 spiro atoms. The molecule has 0 saturated heterocycles. The molecule has 0 aromatic heterocycles. The van der Waals surface area contributed by atoms with E-state index < -0.39 is 10.0 Å². The molecule has 1 atom stereocenters. The topological polar surface area (TPSA) is 66.5 Å². The molecule has 0 aliphatic heterocycles. The van der Waals surface area contributed by atoms with Crippen LogP contribution in [0.25, 0.3) is 0 Å². The first-order valence-electron chi connectivity index (χ1n) is 9.74. The number of benzene rings is 2. The van der Waals surface area contributed by atoms with Gasteiger partial charge in [-0.05, 0) is 55.0 Å². The van der Waals surface area contributed by atoms with Crippen molar-refractivity contribution in [1.82, 2.24) is 5.32 Å². The van der Waals surface area contributed by atoms with Gasteiger partial charge in [0, 0.05) is 0 Å². The van der Waals surface area contributed by atoms with Crippen LogP contribution in [0.15, 0.2) is 42.5 Å². The fourth-order valence-corrected chi connectivity index (χ4v) is 4.11. The predicted molar refractivity (Wildman–Crippen MR) is 120 cm³/mol. The predicted octanol–water partition coefficient (Wildman–Crippen LogP) is 4.24. The standard InChI is InChI=1S/C23H32N2O3S/c1-16-8-9-17(2)21(14-16)18(3)24-22(26)15-25(29(7,27)28)20-12-10-19(11-13-20)23(4,5)6/h8-14,18H,15H2,1-7H3,(H,24,26)/t18-/m1/s1. The van der Waals surface area contributed by atoms with E-state index in [-0.39, 0.29) is 23.9 Å². The maximum atomic E-state index is 12.7. The zero-order chi connectivity index (χ0) is 22.0. The van der Waals surface area contributed by atoms with Gasteiger partial charge in [0.2, 0.25) is 15.9 Å². The number of hydrogen-bond acceptors (Lipinski definition) is 3. The molecule has 158 valence electrons. The molecule has 29 heavy (non-hydrogen) atoms. The van der Waals surface area contributed by atoms with Crippen molar-refractivity contribution in [1.29, 1.82) is 0 Å². The second kappa shape index (κ2) is 8.57. The first kappa shape index (κ1) is 22.9. The number of amides is 1. The smallest absolute Gasteiger partial charge is 0.241 e. The summed E-state index contributed by atoms with van der Waals surface area (Å²) in [6.45, 7) is 11.9. The van der Waals surface area contributed by atoms with Crippen LogP contribution in [0.1, 0.15) is 56.0 Å². The van der Waals surface area contributed by atoms with Gasteiger partial charge in [-0.2, -0.15) is 0 Å². The quantitative estimate of drug-likeness (QED) is 0.766. The van der Waals surface area contributed by atoms with Gasteiger partial charge < -0.3 is 5.32 Å². The Morgan fingerprint density at radius 3 is 2.17 bits per heavy atom. The minimum absolute atomic E-state index is 0.0348. The van der Waals surface area contributed by atoms with Gasteiger partial charge in [-0.3, -0.25) is 9.10 Å². The third kappa shape index (κ3) is 6.07. The Kier molecular flexibility index (Phi) is 6.78. The number of hydrogen-bond donors (Lipinski definition) is 1. The normalized spacial score (nSPS) is 13.1. The lowest BCUT2D eigenvalue weighted by Crippen LogP contribution is -2.41. The van der Waals surface area contributed by atoms with Gasteiger partial charge in [0.25, 0.3) is 0 Å². The van der Waals surface area contributed by atoms with Crippen molar-refractivity contribution < 1.29 is 13.2 Å². The summed E-state index contributed by atoms with van der Waals surface area (Å²) < 4.78 is 25.8. The Hall–Kier alpha value is -2.34. The largest absolute Gasteiger partial charge is 0.348 e. The lowest BCUT2D eigenvalue weighted by molar-refractivity contribution is -0.120. The summed E-state index contributed by atoms with van der Waals surface area (Å²) in [5.41, 5.74) is 4.77. The zero-order valence-electron chi connectivity index (χ0n) is 18.4. The highest BCUT2D eigenvalue weighted by atomic mass is 32.2. The first-order chi connectivity index (χ1) is 13.3. The minimum Gasteiger partial charge on any atom is -0.348 e. The lowest BCUT2D eigenvalue weighted by Gasteiger charge is -2.25. The minimum atomic E-state index is -3.60. The van der Waals surface area contributed by atoms with Gasteiger partial charge in [0.05, 0.1) is 18.0 Å². The van der Waals surface area contributed by atoms with Crippen molar-refractivity contribution in [2.75, 3.05) is 17.1 Å². The van der Waals surface area contributed by atoms with Crippen LogP contribution >= 0.6 is 0 Å². The van der Waals surface area contributed by atoms with Gasteiger partial charge in [-0.1, -0.05) is 56.7 Å². The van der Waals surface area contributed by atoms with E-state index in [4.69, 9.17) is 0 Å². The molecule has 5 nitrogen and oxygen atoms in total. The van der Waals surface area contributed by atoms with Crippen molar-refractivity contribution in [3.63, 3.8) is 0 Å². The number of nitrogens with zero attached hydrogens (tertiary/aromatic N) is 1. The number of nitrogens with one attached hydrogen (secondary N) is 1. The molecule has 0 radical (unpaired) electrons. The van der Waals surface area contributed by atoms with Gasteiger partial charge >= 0.3 is 0 Å². The number of carbonyl (C=O) groups excluding carboxylic acids is 1. The summed E-state index contributed by atoms with van der Waals surface area (Å²) in [7, 11) is -3.60. The van der Waals surface area contributed by atoms with E-state index in [1.165, 1.54) is 0 Å². The number of anilines is 1. The number of aryl methyl sites for hydroxylation is 2. The Bertz CT molecular complexity index is 974. The van der Waals surface area contributed by atoms with Gasteiger partial charge in [-0.25, -0.2) is 8.42 Å². The van der Waals surface area contributed by atoms with Crippen molar-refractivity contribution >= 4 is 21.6 Å². The van der Waals surface area contributed by atoms with Crippen LogP contribution in [0.3, 0.4) is 0 Å². The average Bonchev–Trinajstić information content (AvgIpc) is 2.60. The Morgan fingerprint density at radius 2 is 1.66 bits per heavy atom. The van der Waals surface area contributed by atoms with E-state index >= 15 is 0 Å². The van der Waals surface area contributed by atoms with E-state index in [2.05, 4.69) is 26.1 Å². The third-order valence-electron chi connectivity index (χ3n) is 4.99. The van der Waals surface area contributed by atoms with Crippen LogP contribution in [-0.4, -0.2) is 27.1 Å². The van der Waals surface area contributed by atoms with Crippen LogP contribution in [0.5, 0.6) is 0 Å². The fraction of sp³-hybridized carbons (Fsp3) is 0.435. The molecule has 6 heteroatoms. The summed E-state index contributed by atoms with van der Waals surface area (Å²) in [6.07, 6.45) is 1.12. The van der Waals surface area contributed by atoms with Crippen molar-refractivity contribution in [3.05, 3.63) is 64.7 Å². The van der Waals surface area contributed by atoms with E-state index in [9.17, 15) is 13.2 Å². The van der Waals surface area contributed by atoms with Crippen molar-refractivity contribution in [2.45, 2.75) is 53.0 Å². The number of carbonyl (C=O) groups is 1. The molecule has 2 aromatic rings. The molecule has 0 fully saturated rings. The van der Waals surface area contributed by atoms with Gasteiger partial charge in [0.15, 0.2) is 0 Å². The molecule has 1 amide bonds. The van der Waals surface area contributed by atoms with Crippen LogP contribution < -0.4 is 9.62 Å². The summed E-state index contributed by atoms with van der Waals surface area (Å²) in [5, 5.41) is 2.93. The second-order valence-corrected chi connectivity index (χ2v) is 10.6. The lowest BCUT2D eigenvalue weighted by atomic mass is 9.87. The van der Waals surface area contributed by atoms with Crippen molar-refractivity contribution in [2.24, 2.45) is 0 Å². The van der Waals surface area contributed by atoms with E-state index in [0.717, 1.165) is 32.8 Å². The highest BCUT2D eigenvalue weighted by Crippen LogP contribution is 2.26. The van der Waals surface area contributed by atoms with Crippen molar-refractivity contribution in [3.8, 4) is 0 Å². The second-order valence-electron chi connectivity index (χ2n) is 8.72. The molecular formula is C23H32N2O3S.